The third-order valence-corrected chi connectivity index (χ3v) is 6.34. The maximum Gasteiger partial charge on any atom is 0.240 e. The second-order valence-corrected chi connectivity index (χ2v) is 7.29. The van der Waals surface area contributed by atoms with Gasteiger partial charge in [0, 0.05) is 6.04 Å². The van der Waals surface area contributed by atoms with Gasteiger partial charge in [0.05, 0.1) is 5.54 Å². The highest BCUT2D eigenvalue weighted by Gasteiger charge is 2.62. The first kappa shape index (κ1) is 11.5. The number of fused-ring (bicyclic) bond motifs is 2. The van der Waals surface area contributed by atoms with Gasteiger partial charge >= 0.3 is 0 Å². The molecule has 3 nitrogen and oxygen atoms in total. The van der Waals surface area contributed by atoms with Crippen LogP contribution < -0.4 is 11.1 Å². The van der Waals surface area contributed by atoms with Crippen molar-refractivity contribution in [2.45, 2.75) is 64.5 Å². The molecule has 1 amide bonds. The van der Waals surface area contributed by atoms with Gasteiger partial charge in [-0.25, -0.2) is 0 Å². The van der Waals surface area contributed by atoms with Crippen molar-refractivity contribution in [3.63, 3.8) is 0 Å². The van der Waals surface area contributed by atoms with E-state index in [9.17, 15) is 4.79 Å². The van der Waals surface area contributed by atoms with Crippen LogP contribution in [0.5, 0.6) is 0 Å². The number of nitrogens with one attached hydrogen (secondary N) is 1. The van der Waals surface area contributed by atoms with Crippen molar-refractivity contribution in [2.24, 2.45) is 22.5 Å². The molecule has 3 saturated carbocycles. The van der Waals surface area contributed by atoms with Crippen molar-refractivity contribution in [2.75, 3.05) is 0 Å². The van der Waals surface area contributed by atoms with E-state index in [4.69, 9.17) is 5.73 Å². The highest BCUT2D eigenvalue weighted by atomic mass is 16.2. The molecule has 0 radical (unpaired) electrons. The summed E-state index contributed by atoms with van der Waals surface area (Å²) in [5.74, 6) is 0.859. The van der Waals surface area contributed by atoms with E-state index < -0.39 is 5.54 Å². The maximum absolute atomic E-state index is 12.1. The van der Waals surface area contributed by atoms with Crippen LogP contribution >= 0.6 is 0 Å². The van der Waals surface area contributed by atoms with Gasteiger partial charge in [-0.2, -0.15) is 0 Å². The normalized spacial score (nSPS) is 44.7. The summed E-state index contributed by atoms with van der Waals surface area (Å²) in [6.45, 7) is 7.08. The second kappa shape index (κ2) is 3.05. The average molecular weight is 236 g/mol. The smallest absolute Gasteiger partial charge is 0.240 e. The summed E-state index contributed by atoms with van der Waals surface area (Å²) < 4.78 is 0. The lowest BCUT2D eigenvalue weighted by Gasteiger charge is -2.39. The molecule has 3 unspecified atom stereocenters. The number of rotatable bonds is 2. The number of carbonyl (C=O) groups is 1. The summed E-state index contributed by atoms with van der Waals surface area (Å²) in [6.07, 6.45) is 5.42. The van der Waals surface area contributed by atoms with Crippen LogP contribution in [0.15, 0.2) is 0 Å². The Morgan fingerprint density at radius 3 is 2.29 bits per heavy atom. The highest BCUT2D eigenvalue weighted by Crippen LogP contribution is 2.65. The average Bonchev–Trinajstić information content (AvgIpc) is 2.92. The van der Waals surface area contributed by atoms with Crippen molar-refractivity contribution in [1.82, 2.24) is 5.32 Å². The second-order valence-electron chi connectivity index (χ2n) is 7.29. The standard InChI is InChI=1S/C14H24N2O/c1-12(2)9-4-5-13(12,3)10(8-9)16-11(17)14(15)6-7-14/h9-10H,4-8,15H2,1-3H3,(H,16,17). The fourth-order valence-corrected chi connectivity index (χ4v) is 4.09. The SMILES string of the molecule is CC1(C)C2CCC1(C)C(NC(=O)C1(N)CC1)C2. The Morgan fingerprint density at radius 2 is 1.88 bits per heavy atom. The molecule has 3 aliphatic carbocycles. The molecule has 0 aromatic carbocycles. The molecular formula is C14H24N2O. The molecule has 3 heteroatoms. The van der Waals surface area contributed by atoms with E-state index in [0.29, 0.717) is 11.5 Å². The Morgan fingerprint density at radius 1 is 1.24 bits per heavy atom. The van der Waals surface area contributed by atoms with Crippen molar-refractivity contribution in [1.29, 1.82) is 0 Å². The summed E-state index contributed by atoms with van der Waals surface area (Å²) in [5.41, 5.74) is 6.06. The number of carbonyl (C=O) groups excluding carboxylic acids is 1. The van der Waals surface area contributed by atoms with Gasteiger partial charge in [-0.3, -0.25) is 4.79 Å². The molecular weight excluding hydrogens is 212 g/mol. The van der Waals surface area contributed by atoms with Gasteiger partial charge in [0.15, 0.2) is 0 Å². The molecule has 17 heavy (non-hydrogen) atoms. The van der Waals surface area contributed by atoms with E-state index in [1.807, 2.05) is 0 Å². The summed E-state index contributed by atoms with van der Waals surface area (Å²) in [6, 6.07) is 0.338. The highest BCUT2D eigenvalue weighted by molar-refractivity contribution is 5.89. The minimum absolute atomic E-state index is 0.0899. The van der Waals surface area contributed by atoms with Gasteiger partial charge in [0.2, 0.25) is 5.91 Å². The van der Waals surface area contributed by atoms with Crippen LogP contribution in [0.4, 0.5) is 0 Å². The van der Waals surface area contributed by atoms with Gasteiger partial charge in [-0.05, 0) is 48.9 Å². The first-order valence-corrected chi connectivity index (χ1v) is 6.89. The Labute approximate surface area is 104 Å². The van der Waals surface area contributed by atoms with Gasteiger partial charge < -0.3 is 11.1 Å². The fraction of sp³-hybridized carbons (Fsp3) is 0.929. The summed E-state index contributed by atoms with van der Waals surface area (Å²) in [7, 11) is 0. The molecule has 3 rings (SSSR count). The molecule has 0 aliphatic heterocycles. The minimum atomic E-state index is -0.525. The first-order valence-electron chi connectivity index (χ1n) is 6.89. The number of hydrogen-bond acceptors (Lipinski definition) is 2. The van der Waals surface area contributed by atoms with E-state index in [0.717, 1.165) is 25.2 Å². The third kappa shape index (κ3) is 1.35. The van der Waals surface area contributed by atoms with Crippen molar-refractivity contribution in [3.05, 3.63) is 0 Å². The van der Waals surface area contributed by atoms with Crippen LogP contribution in [0.1, 0.15) is 52.9 Å². The Kier molecular flexibility index (Phi) is 2.07. The molecule has 0 spiro atoms. The monoisotopic (exact) mass is 236 g/mol. The molecule has 3 fully saturated rings. The van der Waals surface area contributed by atoms with E-state index in [1.54, 1.807) is 0 Å². The van der Waals surface area contributed by atoms with Crippen LogP contribution in [0, 0.1) is 16.7 Å². The van der Waals surface area contributed by atoms with Crippen LogP contribution in [0.3, 0.4) is 0 Å². The predicted octanol–water partition coefficient (Wildman–Crippen LogP) is 1.81. The van der Waals surface area contributed by atoms with Gasteiger partial charge in [-0.1, -0.05) is 20.8 Å². The molecule has 0 aromatic rings. The van der Waals surface area contributed by atoms with Crippen LogP contribution in [-0.4, -0.2) is 17.5 Å². The van der Waals surface area contributed by atoms with Gasteiger partial charge in [0.25, 0.3) is 0 Å². The van der Waals surface area contributed by atoms with E-state index in [-0.39, 0.29) is 11.3 Å². The number of nitrogens with two attached hydrogens (primary N) is 1. The molecule has 0 saturated heterocycles. The molecule has 3 aliphatic rings. The molecule has 0 heterocycles. The van der Waals surface area contributed by atoms with E-state index >= 15 is 0 Å². The Balaban J connectivity index is 1.76. The zero-order chi connectivity index (χ0) is 12.5. The molecule has 0 aromatic heterocycles. The van der Waals surface area contributed by atoms with Crippen LogP contribution in [0.25, 0.3) is 0 Å². The maximum atomic E-state index is 12.1. The Hall–Kier alpha value is -0.570. The molecule has 3 N–H and O–H groups in total. The predicted molar refractivity (Wildman–Crippen MR) is 67.3 cm³/mol. The van der Waals surface area contributed by atoms with E-state index in [2.05, 4.69) is 26.1 Å². The topological polar surface area (TPSA) is 55.1 Å². The Bertz CT molecular complexity index is 372. The quantitative estimate of drug-likeness (QED) is 0.768. The lowest BCUT2D eigenvalue weighted by Crippen LogP contribution is -2.52. The summed E-state index contributed by atoms with van der Waals surface area (Å²) in [4.78, 5) is 12.1. The largest absolute Gasteiger partial charge is 0.351 e. The van der Waals surface area contributed by atoms with Crippen LogP contribution in [-0.2, 0) is 4.79 Å². The van der Waals surface area contributed by atoms with Crippen LogP contribution in [0.2, 0.25) is 0 Å². The number of amides is 1. The van der Waals surface area contributed by atoms with Gasteiger partial charge in [0.1, 0.15) is 0 Å². The first-order chi connectivity index (χ1) is 7.80. The lowest BCUT2D eigenvalue weighted by molar-refractivity contribution is -0.125. The van der Waals surface area contributed by atoms with E-state index in [1.165, 1.54) is 12.8 Å². The molecule has 3 atom stereocenters. The summed E-state index contributed by atoms with van der Waals surface area (Å²) >= 11 is 0. The summed E-state index contributed by atoms with van der Waals surface area (Å²) in [5, 5.41) is 3.24. The van der Waals surface area contributed by atoms with Gasteiger partial charge in [-0.15, -0.1) is 0 Å². The lowest BCUT2D eigenvalue weighted by atomic mass is 9.69. The zero-order valence-corrected chi connectivity index (χ0v) is 11.2. The minimum Gasteiger partial charge on any atom is -0.351 e. The zero-order valence-electron chi connectivity index (χ0n) is 11.2. The number of hydrogen-bond donors (Lipinski definition) is 2. The van der Waals surface area contributed by atoms with Crippen molar-refractivity contribution in [3.8, 4) is 0 Å². The van der Waals surface area contributed by atoms with Crippen molar-refractivity contribution >= 4 is 5.91 Å². The van der Waals surface area contributed by atoms with Crippen molar-refractivity contribution < 1.29 is 4.79 Å². The molecule has 96 valence electrons. The molecule has 2 bridgehead atoms. The fourth-order valence-electron chi connectivity index (χ4n) is 4.09. The third-order valence-electron chi connectivity index (χ3n) is 6.34.